The lowest BCUT2D eigenvalue weighted by Crippen LogP contribution is -2.34. The summed E-state index contributed by atoms with van der Waals surface area (Å²) < 4.78 is 5.97. The van der Waals surface area contributed by atoms with E-state index in [2.05, 4.69) is 9.84 Å². The number of carbonyl (C=O) groups is 2. The van der Waals surface area contributed by atoms with Gasteiger partial charge in [-0.25, -0.2) is 0 Å². The molecule has 1 aromatic carbocycles. The predicted molar refractivity (Wildman–Crippen MR) is 106 cm³/mol. The maximum absolute atomic E-state index is 12.7. The lowest BCUT2D eigenvalue weighted by atomic mass is 10.0. The van der Waals surface area contributed by atoms with E-state index < -0.39 is 23.5 Å². The third-order valence-corrected chi connectivity index (χ3v) is 4.57. The topological polar surface area (TPSA) is 76.9 Å². The molecule has 27 heavy (non-hydrogen) atoms. The normalized spacial score (nSPS) is 11.8. The monoisotopic (exact) mass is 402 g/mol. The summed E-state index contributed by atoms with van der Waals surface area (Å²) in [6, 6.07) is 14.7. The number of carbonyl (C=O) groups excluding carboxylic acids is 2. The second-order valence-corrected chi connectivity index (χ2v) is 6.49. The van der Waals surface area contributed by atoms with E-state index in [0.717, 1.165) is 5.56 Å². The van der Waals surface area contributed by atoms with Gasteiger partial charge in [-0.15, -0.1) is 0 Å². The van der Waals surface area contributed by atoms with E-state index in [1.165, 1.54) is 16.7 Å². The summed E-state index contributed by atoms with van der Waals surface area (Å²) >= 11 is 5.93. The molecule has 3 aromatic rings. The van der Waals surface area contributed by atoms with Crippen LogP contribution in [0.5, 0.6) is 0 Å². The molecule has 6 nitrogen and oxygen atoms in total. The van der Waals surface area contributed by atoms with E-state index in [-0.39, 0.29) is 12.0 Å². The van der Waals surface area contributed by atoms with Gasteiger partial charge in [0, 0.05) is 11.2 Å². The van der Waals surface area contributed by atoms with Gasteiger partial charge in [0.05, 0.1) is 27.4 Å². The second-order valence-electron chi connectivity index (χ2n) is 5.82. The third-order valence-electron chi connectivity index (χ3n) is 4.07. The highest BCUT2D eigenvalue weighted by Crippen LogP contribution is 2.19. The Morgan fingerprint density at radius 1 is 1.15 bits per heavy atom. The number of nitrogens with zero attached hydrogens (tertiary/aromatic N) is 1. The summed E-state index contributed by atoms with van der Waals surface area (Å²) in [6.07, 6.45) is 1.45. The van der Waals surface area contributed by atoms with Gasteiger partial charge in [0.1, 0.15) is 5.56 Å². The minimum absolute atomic E-state index is 0.0324. The number of halogens is 1. The van der Waals surface area contributed by atoms with Crippen LogP contribution in [0.2, 0.25) is 5.02 Å². The minimum atomic E-state index is -0.628. The van der Waals surface area contributed by atoms with Crippen molar-refractivity contribution in [2.45, 2.75) is 12.5 Å². The second kappa shape index (κ2) is 8.33. The van der Waals surface area contributed by atoms with Crippen molar-refractivity contribution in [3.05, 3.63) is 87.3 Å². The maximum atomic E-state index is 12.7. The number of benzene rings is 1. The van der Waals surface area contributed by atoms with Gasteiger partial charge in [-0.1, -0.05) is 41.9 Å². The standard InChI is InChI=1S/C19H16ClN2O4P/c20-13-8-9-22-14(10-13)6-7-15(19(22)25)18(24)21-16(11-17(23)26-27)12-4-2-1-3-5-12/h1-10,16H,11,27H2,(H,21,24). The van der Waals surface area contributed by atoms with E-state index in [9.17, 15) is 14.4 Å². The number of nitrogens with one attached hydrogen (secondary N) is 1. The number of fused-ring (bicyclic) bond motifs is 1. The van der Waals surface area contributed by atoms with Crippen molar-refractivity contribution < 1.29 is 14.1 Å². The van der Waals surface area contributed by atoms with Gasteiger partial charge in [-0.05, 0) is 29.8 Å². The molecule has 0 saturated heterocycles. The van der Waals surface area contributed by atoms with Crippen LogP contribution >= 0.6 is 21.1 Å². The van der Waals surface area contributed by atoms with Crippen LogP contribution in [0.25, 0.3) is 5.52 Å². The fourth-order valence-corrected chi connectivity index (χ4v) is 3.00. The molecule has 0 fully saturated rings. The first-order valence-corrected chi connectivity index (χ1v) is 8.91. The van der Waals surface area contributed by atoms with Gasteiger partial charge in [0.2, 0.25) is 0 Å². The molecule has 2 aromatic heterocycles. The van der Waals surface area contributed by atoms with Crippen molar-refractivity contribution in [2.24, 2.45) is 0 Å². The zero-order valence-electron chi connectivity index (χ0n) is 14.1. The Morgan fingerprint density at radius 2 is 1.89 bits per heavy atom. The Bertz CT molecular complexity index is 1050. The number of aromatic nitrogens is 1. The van der Waals surface area contributed by atoms with Crippen LogP contribution < -0.4 is 10.9 Å². The molecule has 2 heterocycles. The number of amides is 1. The quantitative estimate of drug-likeness (QED) is 0.665. The summed E-state index contributed by atoms with van der Waals surface area (Å²) in [5, 5.41) is 3.24. The van der Waals surface area contributed by atoms with E-state index in [1.807, 2.05) is 15.5 Å². The van der Waals surface area contributed by atoms with Crippen LogP contribution in [0, 0.1) is 0 Å². The largest absolute Gasteiger partial charge is 0.451 e. The fraction of sp³-hybridized carbons (Fsp3) is 0.105. The molecule has 0 spiro atoms. The zero-order chi connectivity index (χ0) is 19.4. The molecule has 0 saturated carbocycles. The first-order valence-electron chi connectivity index (χ1n) is 8.06. The SMILES string of the molecule is O=C(CC(NC(=O)c1ccc2cc(Cl)ccn2c1=O)c1ccccc1)OP. The molecule has 0 radical (unpaired) electrons. The highest BCUT2D eigenvalue weighted by molar-refractivity contribution is 7.10. The Morgan fingerprint density at radius 3 is 2.59 bits per heavy atom. The molecule has 2 unspecified atom stereocenters. The molecule has 0 aliphatic carbocycles. The summed E-state index contributed by atoms with van der Waals surface area (Å²) in [7, 11) is 1.89. The molecule has 138 valence electrons. The first-order chi connectivity index (χ1) is 13.0. The van der Waals surface area contributed by atoms with Crippen LogP contribution in [0.3, 0.4) is 0 Å². The van der Waals surface area contributed by atoms with Gasteiger partial charge < -0.3 is 9.84 Å². The third kappa shape index (κ3) is 4.35. The summed E-state index contributed by atoms with van der Waals surface area (Å²) in [4.78, 5) is 37.1. The van der Waals surface area contributed by atoms with E-state index in [0.29, 0.717) is 10.5 Å². The molecule has 3 rings (SSSR count). The van der Waals surface area contributed by atoms with Crippen molar-refractivity contribution in [1.82, 2.24) is 9.72 Å². The average Bonchev–Trinajstić information content (AvgIpc) is 2.68. The summed E-state index contributed by atoms with van der Waals surface area (Å²) in [5.74, 6) is -1.08. The number of hydrogen-bond donors (Lipinski definition) is 1. The number of rotatable bonds is 5. The summed E-state index contributed by atoms with van der Waals surface area (Å²) in [6.45, 7) is 0. The minimum Gasteiger partial charge on any atom is -0.451 e. The Hall–Kier alpha value is -2.69. The van der Waals surface area contributed by atoms with E-state index in [1.54, 1.807) is 42.5 Å². The van der Waals surface area contributed by atoms with Gasteiger partial charge in [-0.2, -0.15) is 0 Å². The molecule has 1 N–H and O–H groups in total. The van der Waals surface area contributed by atoms with Crippen LogP contribution in [0.4, 0.5) is 0 Å². The molecule has 0 aliphatic rings. The molecular weight excluding hydrogens is 387 g/mol. The van der Waals surface area contributed by atoms with Crippen molar-refractivity contribution >= 4 is 38.5 Å². The van der Waals surface area contributed by atoms with Crippen LogP contribution in [-0.2, 0) is 9.32 Å². The van der Waals surface area contributed by atoms with E-state index >= 15 is 0 Å². The molecule has 1 amide bonds. The first kappa shape index (κ1) is 19.1. The van der Waals surface area contributed by atoms with Gasteiger partial charge in [-0.3, -0.25) is 18.8 Å². The lowest BCUT2D eigenvalue weighted by Gasteiger charge is -2.18. The lowest BCUT2D eigenvalue weighted by molar-refractivity contribution is -0.133. The van der Waals surface area contributed by atoms with Gasteiger partial charge in [0.25, 0.3) is 11.5 Å². The number of hydrogen-bond acceptors (Lipinski definition) is 4. The summed E-state index contributed by atoms with van der Waals surface area (Å²) in [5.41, 5.74) is 0.807. The van der Waals surface area contributed by atoms with Crippen LogP contribution in [0.1, 0.15) is 28.4 Å². The smallest absolute Gasteiger partial charge is 0.310 e. The highest BCUT2D eigenvalue weighted by atomic mass is 35.5. The van der Waals surface area contributed by atoms with Crippen LogP contribution in [0.15, 0.2) is 65.6 Å². The Balaban J connectivity index is 1.92. The van der Waals surface area contributed by atoms with Crippen molar-refractivity contribution in [3.63, 3.8) is 0 Å². The predicted octanol–water partition coefficient (Wildman–Crippen LogP) is 3.15. The maximum Gasteiger partial charge on any atom is 0.310 e. The molecule has 0 bridgehead atoms. The van der Waals surface area contributed by atoms with Gasteiger partial charge >= 0.3 is 5.97 Å². The fourth-order valence-electron chi connectivity index (χ4n) is 2.74. The van der Waals surface area contributed by atoms with E-state index in [4.69, 9.17) is 11.6 Å². The molecule has 2 atom stereocenters. The van der Waals surface area contributed by atoms with Crippen molar-refractivity contribution in [3.8, 4) is 0 Å². The number of pyridine rings is 2. The van der Waals surface area contributed by atoms with Crippen LogP contribution in [-0.4, -0.2) is 16.3 Å². The molecular formula is C19H16ClN2O4P. The molecule has 0 aliphatic heterocycles. The molecule has 8 heteroatoms. The Kier molecular flexibility index (Phi) is 5.89. The van der Waals surface area contributed by atoms with Crippen molar-refractivity contribution in [1.29, 1.82) is 0 Å². The van der Waals surface area contributed by atoms with Gasteiger partial charge in [0.15, 0.2) is 0 Å². The Labute approximate surface area is 162 Å². The highest BCUT2D eigenvalue weighted by Gasteiger charge is 2.21. The average molecular weight is 403 g/mol. The zero-order valence-corrected chi connectivity index (χ0v) is 16.0. The van der Waals surface area contributed by atoms with Crippen molar-refractivity contribution in [2.75, 3.05) is 0 Å².